The SMILES string of the molecule is C/C=C/c1ccccc1OCCN1CCOCC1. The molecule has 18 heavy (non-hydrogen) atoms. The lowest BCUT2D eigenvalue weighted by Gasteiger charge is -2.26. The zero-order chi connectivity index (χ0) is 12.6. The van der Waals surface area contributed by atoms with Crippen molar-refractivity contribution in [3.63, 3.8) is 0 Å². The van der Waals surface area contributed by atoms with Crippen LogP contribution in [0.5, 0.6) is 5.75 Å². The molecule has 1 saturated heterocycles. The monoisotopic (exact) mass is 247 g/mol. The molecule has 1 aromatic rings. The number of ether oxygens (including phenoxy) is 2. The highest BCUT2D eigenvalue weighted by Crippen LogP contribution is 2.19. The highest BCUT2D eigenvalue weighted by molar-refractivity contribution is 5.56. The smallest absolute Gasteiger partial charge is 0.126 e. The summed E-state index contributed by atoms with van der Waals surface area (Å²) < 4.78 is 11.2. The normalized spacial score (nSPS) is 17.2. The minimum Gasteiger partial charge on any atom is -0.492 e. The van der Waals surface area contributed by atoms with Gasteiger partial charge in [0.05, 0.1) is 13.2 Å². The fourth-order valence-electron chi connectivity index (χ4n) is 2.04. The molecule has 1 aromatic carbocycles. The molecule has 2 rings (SSSR count). The summed E-state index contributed by atoms with van der Waals surface area (Å²) in [6.45, 7) is 7.43. The largest absolute Gasteiger partial charge is 0.492 e. The Morgan fingerprint density at radius 2 is 2.06 bits per heavy atom. The van der Waals surface area contributed by atoms with Gasteiger partial charge in [0.15, 0.2) is 0 Å². The molecule has 3 heteroatoms. The zero-order valence-electron chi connectivity index (χ0n) is 11.0. The average molecular weight is 247 g/mol. The highest BCUT2D eigenvalue weighted by Gasteiger charge is 2.09. The second kappa shape index (κ2) is 7.19. The van der Waals surface area contributed by atoms with Crippen LogP contribution in [0.2, 0.25) is 0 Å². The molecular weight excluding hydrogens is 226 g/mol. The number of nitrogens with zero attached hydrogens (tertiary/aromatic N) is 1. The van der Waals surface area contributed by atoms with Crippen LogP contribution in [0.25, 0.3) is 6.08 Å². The Morgan fingerprint density at radius 3 is 2.83 bits per heavy atom. The van der Waals surface area contributed by atoms with Crippen LogP contribution >= 0.6 is 0 Å². The summed E-state index contributed by atoms with van der Waals surface area (Å²) in [5.74, 6) is 0.962. The summed E-state index contributed by atoms with van der Waals surface area (Å²) in [6, 6.07) is 8.14. The first kappa shape index (κ1) is 13.1. The third-order valence-corrected chi connectivity index (χ3v) is 3.03. The number of hydrogen-bond acceptors (Lipinski definition) is 3. The third kappa shape index (κ3) is 3.86. The number of morpholine rings is 1. The van der Waals surface area contributed by atoms with Crippen LogP contribution in [0.3, 0.4) is 0 Å². The minimum atomic E-state index is 0.731. The molecule has 1 fully saturated rings. The van der Waals surface area contributed by atoms with Crippen LogP contribution in [-0.4, -0.2) is 44.4 Å². The van der Waals surface area contributed by atoms with E-state index in [1.165, 1.54) is 0 Å². The summed E-state index contributed by atoms with van der Waals surface area (Å²) in [5.41, 5.74) is 1.14. The van der Waals surface area contributed by atoms with E-state index in [-0.39, 0.29) is 0 Å². The first-order valence-corrected chi connectivity index (χ1v) is 6.55. The Bertz CT molecular complexity index is 384. The number of benzene rings is 1. The quantitative estimate of drug-likeness (QED) is 0.797. The van der Waals surface area contributed by atoms with E-state index in [1.54, 1.807) is 0 Å². The standard InChI is InChI=1S/C15H21NO2/c1-2-5-14-6-3-4-7-15(14)18-13-10-16-8-11-17-12-9-16/h2-7H,8-13H2,1H3/b5-2+. The van der Waals surface area contributed by atoms with Gasteiger partial charge in [0.1, 0.15) is 12.4 Å². The van der Waals surface area contributed by atoms with Gasteiger partial charge in [-0.2, -0.15) is 0 Å². The Morgan fingerprint density at radius 1 is 1.28 bits per heavy atom. The molecule has 98 valence electrons. The van der Waals surface area contributed by atoms with Crippen LogP contribution < -0.4 is 4.74 Å². The van der Waals surface area contributed by atoms with Gasteiger partial charge in [0.2, 0.25) is 0 Å². The number of hydrogen-bond donors (Lipinski definition) is 0. The molecule has 0 saturated carbocycles. The van der Waals surface area contributed by atoms with Crippen molar-refractivity contribution in [3.8, 4) is 5.75 Å². The first-order chi connectivity index (χ1) is 8.90. The van der Waals surface area contributed by atoms with Crippen molar-refractivity contribution in [2.24, 2.45) is 0 Å². The summed E-state index contributed by atoms with van der Waals surface area (Å²) in [7, 11) is 0. The van der Waals surface area contributed by atoms with Crippen LogP contribution in [0.15, 0.2) is 30.3 Å². The summed E-state index contributed by atoms with van der Waals surface area (Å²) in [6.07, 6.45) is 4.11. The molecule has 0 N–H and O–H groups in total. The average Bonchev–Trinajstić information content (AvgIpc) is 2.42. The van der Waals surface area contributed by atoms with Gasteiger partial charge in [-0.05, 0) is 13.0 Å². The summed E-state index contributed by atoms with van der Waals surface area (Å²) in [5, 5.41) is 0. The zero-order valence-corrected chi connectivity index (χ0v) is 11.0. The van der Waals surface area contributed by atoms with E-state index in [0.717, 1.165) is 50.8 Å². The van der Waals surface area contributed by atoms with E-state index < -0.39 is 0 Å². The molecule has 3 nitrogen and oxygen atoms in total. The third-order valence-electron chi connectivity index (χ3n) is 3.03. The van der Waals surface area contributed by atoms with E-state index in [0.29, 0.717) is 0 Å². The van der Waals surface area contributed by atoms with Gasteiger partial charge in [-0.15, -0.1) is 0 Å². The van der Waals surface area contributed by atoms with Crippen molar-refractivity contribution in [2.45, 2.75) is 6.92 Å². The molecule has 1 aliphatic heterocycles. The van der Waals surface area contributed by atoms with Crippen molar-refractivity contribution >= 4 is 6.08 Å². The second-order valence-corrected chi connectivity index (χ2v) is 4.34. The Balaban J connectivity index is 1.82. The molecule has 1 aliphatic rings. The molecule has 0 unspecified atom stereocenters. The minimum absolute atomic E-state index is 0.731. The van der Waals surface area contributed by atoms with Gasteiger partial charge in [-0.1, -0.05) is 30.4 Å². The van der Waals surface area contributed by atoms with Gasteiger partial charge < -0.3 is 9.47 Å². The molecule has 0 bridgehead atoms. The fraction of sp³-hybridized carbons (Fsp3) is 0.467. The van der Waals surface area contributed by atoms with Crippen molar-refractivity contribution < 1.29 is 9.47 Å². The highest BCUT2D eigenvalue weighted by atomic mass is 16.5. The van der Waals surface area contributed by atoms with E-state index >= 15 is 0 Å². The predicted octanol–water partition coefficient (Wildman–Crippen LogP) is 2.43. The van der Waals surface area contributed by atoms with Crippen LogP contribution in [0, 0.1) is 0 Å². The topological polar surface area (TPSA) is 21.7 Å². The van der Waals surface area contributed by atoms with Gasteiger partial charge in [0, 0.05) is 25.2 Å². The van der Waals surface area contributed by atoms with Gasteiger partial charge in [-0.25, -0.2) is 0 Å². The molecule has 0 radical (unpaired) electrons. The van der Waals surface area contributed by atoms with Crippen LogP contribution in [-0.2, 0) is 4.74 Å². The maximum atomic E-state index is 5.86. The van der Waals surface area contributed by atoms with Gasteiger partial charge in [-0.3, -0.25) is 4.90 Å². The van der Waals surface area contributed by atoms with Crippen molar-refractivity contribution in [2.75, 3.05) is 39.5 Å². The van der Waals surface area contributed by atoms with E-state index in [9.17, 15) is 0 Å². The predicted molar refractivity (Wildman–Crippen MR) is 73.9 cm³/mol. The van der Waals surface area contributed by atoms with Crippen molar-refractivity contribution in [3.05, 3.63) is 35.9 Å². The lowest BCUT2D eigenvalue weighted by molar-refractivity contribution is 0.0322. The number of rotatable bonds is 5. The molecule has 0 spiro atoms. The molecule has 0 aliphatic carbocycles. The van der Waals surface area contributed by atoms with Crippen LogP contribution in [0.4, 0.5) is 0 Å². The van der Waals surface area contributed by atoms with Gasteiger partial charge in [0.25, 0.3) is 0 Å². The Labute approximate surface area is 109 Å². The molecule has 0 aromatic heterocycles. The Hall–Kier alpha value is -1.32. The van der Waals surface area contributed by atoms with E-state index in [1.807, 2.05) is 31.2 Å². The number of allylic oxidation sites excluding steroid dienone is 1. The lowest BCUT2D eigenvalue weighted by Crippen LogP contribution is -2.38. The molecular formula is C15H21NO2. The molecule has 1 heterocycles. The van der Waals surface area contributed by atoms with E-state index in [2.05, 4.69) is 17.0 Å². The molecule has 0 amide bonds. The van der Waals surface area contributed by atoms with Crippen molar-refractivity contribution in [1.82, 2.24) is 4.90 Å². The second-order valence-electron chi connectivity index (χ2n) is 4.34. The Kier molecular flexibility index (Phi) is 5.24. The number of para-hydroxylation sites is 1. The lowest BCUT2D eigenvalue weighted by atomic mass is 10.2. The van der Waals surface area contributed by atoms with Crippen LogP contribution in [0.1, 0.15) is 12.5 Å². The summed E-state index contributed by atoms with van der Waals surface area (Å²) >= 11 is 0. The van der Waals surface area contributed by atoms with Gasteiger partial charge >= 0.3 is 0 Å². The summed E-state index contributed by atoms with van der Waals surface area (Å²) in [4.78, 5) is 2.38. The maximum Gasteiger partial charge on any atom is 0.126 e. The molecule has 0 atom stereocenters. The first-order valence-electron chi connectivity index (χ1n) is 6.55. The van der Waals surface area contributed by atoms with Crippen molar-refractivity contribution in [1.29, 1.82) is 0 Å². The van der Waals surface area contributed by atoms with E-state index in [4.69, 9.17) is 9.47 Å². The maximum absolute atomic E-state index is 5.86. The fourth-order valence-corrected chi connectivity index (χ4v) is 2.04.